The van der Waals surface area contributed by atoms with Crippen LogP contribution in [0.15, 0.2) is 48.5 Å². The lowest BCUT2D eigenvalue weighted by Crippen LogP contribution is -2.10. The Morgan fingerprint density at radius 1 is 0.759 bits per heavy atom. The molecule has 29 heavy (non-hydrogen) atoms. The molecule has 2 aliphatic rings. The van der Waals surface area contributed by atoms with E-state index >= 15 is 0 Å². The van der Waals surface area contributed by atoms with E-state index in [4.69, 9.17) is 4.74 Å². The number of aromatic hydroxyl groups is 1. The number of aryl methyl sites for hydroxylation is 1. The van der Waals surface area contributed by atoms with Gasteiger partial charge in [0.2, 0.25) is 0 Å². The molecule has 0 saturated carbocycles. The van der Waals surface area contributed by atoms with Crippen molar-refractivity contribution >= 4 is 0 Å². The Morgan fingerprint density at radius 2 is 1.48 bits per heavy atom. The summed E-state index contributed by atoms with van der Waals surface area (Å²) in [5.74, 6) is 1.47. The van der Waals surface area contributed by atoms with Crippen LogP contribution < -0.4 is 4.74 Å². The molecule has 147 valence electrons. The van der Waals surface area contributed by atoms with E-state index in [0.29, 0.717) is 12.4 Å². The van der Waals surface area contributed by atoms with Gasteiger partial charge < -0.3 is 9.84 Å². The van der Waals surface area contributed by atoms with Gasteiger partial charge in [0.15, 0.2) is 0 Å². The normalized spacial score (nSPS) is 15.4. The van der Waals surface area contributed by atoms with Crippen molar-refractivity contribution in [3.63, 3.8) is 0 Å². The molecular formula is C27H27O2. The van der Waals surface area contributed by atoms with Gasteiger partial charge >= 0.3 is 0 Å². The van der Waals surface area contributed by atoms with Crippen molar-refractivity contribution < 1.29 is 9.84 Å². The second-order valence-electron chi connectivity index (χ2n) is 8.27. The monoisotopic (exact) mass is 383 g/mol. The van der Waals surface area contributed by atoms with Crippen LogP contribution in [0.5, 0.6) is 11.5 Å². The van der Waals surface area contributed by atoms with Gasteiger partial charge in [-0.05, 0) is 103 Å². The zero-order chi connectivity index (χ0) is 19.6. The third kappa shape index (κ3) is 3.53. The molecule has 0 saturated heterocycles. The third-order valence-electron chi connectivity index (χ3n) is 6.40. The zero-order valence-corrected chi connectivity index (χ0v) is 16.8. The SMILES string of the molecule is Oc1ccc(-c2c[c]c3c(c2OCc2ccccc2)CCCC3)c2c1CCCC2. The third-order valence-corrected chi connectivity index (χ3v) is 6.40. The first-order valence-corrected chi connectivity index (χ1v) is 10.9. The number of benzene rings is 3. The van der Waals surface area contributed by atoms with Gasteiger partial charge in [0.1, 0.15) is 18.1 Å². The lowest BCUT2D eigenvalue weighted by atomic mass is 9.82. The summed E-state index contributed by atoms with van der Waals surface area (Å²) >= 11 is 0. The molecule has 2 aliphatic carbocycles. The van der Waals surface area contributed by atoms with Crippen LogP contribution in [0, 0.1) is 6.07 Å². The minimum Gasteiger partial charge on any atom is -0.508 e. The Morgan fingerprint density at radius 3 is 2.31 bits per heavy atom. The van der Waals surface area contributed by atoms with Crippen LogP contribution in [0.1, 0.15) is 53.5 Å². The van der Waals surface area contributed by atoms with E-state index in [0.717, 1.165) is 49.0 Å². The summed E-state index contributed by atoms with van der Waals surface area (Å²) in [6.45, 7) is 0.574. The predicted molar refractivity (Wildman–Crippen MR) is 116 cm³/mol. The highest BCUT2D eigenvalue weighted by molar-refractivity contribution is 5.78. The fourth-order valence-corrected chi connectivity index (χ4v) is 4.90. The number of rotatable bonds is 4. The average molecular weight is 384 g/mol. The van der Waals surface area contributed by atoms with Crippen LogP contribution in [-0.4, -0.2) is 5.11 Å². The molecule has 3 aromatic rings. The lowest BCUT2D eigenvalue weighted by Gasteiger charge is -2.25. The molecular weight excluding hydrogens is 356 g/mol. The molecule has 0 spiro atoms. The Labute approximate surface area is 173 Å². The van der Waals surface area contributed by atoms with Crippen LogP contribution in [0.25, 0.3) is 11.1 Å². The van der Waals surface area contributed by atoms with Crippen molar-refractivity contribution in [3.8, 4) is 22.6 Å². The Kier molecular flexibility index (Phi) is 5.01. The maximum Gasteiger partial charge on any atom is 0.131 e. The molecule has 2 nitrogen and oxygen atoms in total. The minimum atomic E-state index is 0.442. The van der Waals surface area contributed by atoms with Gasteiger partial charge in [-0.1, -0.05) is 36.4 Å². The summed E-state index contributed by atoms with van der Waals surface area (Å²) < 4.78 is 6.51. The van der Waals surface area contributed by atoms with E-state index in [1.807, 2.05) is 12.1 Å². The molecule has 5 rings (SSSR count). The maximum atomic E-state index is 10.4. The summed E-state index contributed by atoms with van der Waals surface area (Å²) in [6, 6.07) is 20.0. The van der Waals surface area contributed by atoms with Crippen molar-refractivity contribution in [3.05, 3.63) is 82.4 Å². The molecule has 2 heteroatoms. The molecule has 0 heterocycles. The van der Waals surface area contributed by atoms with Crippen LogP contribution in [0.4, 0.5) is 0 Å². The van der Waals surface area contributed by atoms with Gasteiger partial charge in [-0.3, -0.25) is 0 Å². The van der Waals surface area contributed by atoms with E-state index in [-0.39, 0.29) is 0 Å². The second kappa shape index (κ2) is 7.94. The highest BCUT2D eigenvalue weighted by Crippen LogP contribution is 2.43. The number of hydrogen-bond acceptors (Lipinski definition) is 2. The highest BCUT2D eigenvalue weighted by Gasteiger charge is 2.23. The van der Waals surface area contributed by atoms with Gasteiger partial charge in [0.05, 0.1) is 0 Å². The van der Waals surface area contributed by atoms with E-state index in [1.54, 1.807) is 0 Å². The minimum absolute atomic E-state index is 0.442. The first-order valence-electron chi connectivity index (χ1n) is 10.9. The second-order valence-corrected chi connectivity index (χ2v) is 8.27. The van der Waals surface area contributed by atoms with E-state index in [9.17, 15) is 5.11 Å². The van der Waals surface area contributed by atoms with Crippen molar-refractivity contribution in [2.45, 2.75) is 58.0 Å². The molecule has 0 bridgehead atoms. The van der Waals surface area contributed by atoms with Crippen LogP contribution in [0.2, 0.25) is 0 Å². The van der Waals surface area contributed by atoms with Gasteiger partial charge in [0.25, 0.3) is 0 Å². The summed E-state index contributed by atoms with van der Waals surface area (Å²) in [7, 11) is 0. The summed E-state index contributed by atoms with van der Waals surface area (Å²) in [5.41, 5.74) is 8.61. The average Bonchev–Trinajstić information content (AvgIpc) is 2.79. The van der Waals surface area contributed by atoms with Gasteiger partial charge in [0, 0.05) is 5.56 Å². The standard InChI is InChI=1S/C27H27O2/c28-26-17-16-23(22-12-6-7-13-24(22)26)25-15-14-20-10-4-5-11-21(20)27(25)29-18-19-8-2-1-3-9-19/h1-3,8-9,15-17,28H,4-7,10-13,18H2. The molecule has 1 N–H and O–H groups in total. The van der Waals surface area contributed by atoms with E-state index < -0.39 is 0 Å². The molecule has 1 radical (unpaired) electrons. The summed E-state index contributed by atoms with van der Waals surface area (Å²) in [5, 5.41) is 10.4. The summed E-state index contributed by atoms with van der Waals surface area (Å²) in [6.07, 6.45) is 8.90. The topological polar surface area (TPSA) is 29.5 Å². The highest BCUT2D eigenvalue weighted by atomic mass is 16.5. The van der Waals surface area contributed by atoms with E-state index in [1.165, 1.54) is 47.1 Å². The quantitative estimate of drug-likeness (QED) is 0.581. The van der Waals surface area contributed by atoms with Crippen molar-refractivity contribution in [1.29, 1.82) is 0 Å². The molecule has 0 amide bonds. The Bertz CT molecular complexity index is 1020. The largest absolute Gasteiger partial charge is 0.508 e. The first-order chi connectivity index (χ1) is 14.3. The number of phenolic OH excluding ortho intramolecular Hbond substituents is 1. The first kappa shape index (κ1) is 18.3. The fraction of sp³-hybridized carbons (Fsp3) is 0.333. The molecule has 3 aromatic carbocycles. The molecule has 0 unspecified atom stereocenters. The van der Waals surface area contributed by atoms with Crippen molar-refractivity contribution in [1.82, 2.24) is 0 Å². The van der Waals surface area contributed by atoms with Crippen LogP contribution in [0.3, 0.4) is 0 Å². The molecule has 0 atom stereocenters. The van der Waals surface area contributed by atoms with Gasteiger partial charge in [-0.25, -0.2) is 0 Å². The molecule has 0 aromatic heterocycles. The Hall–Kier alpha value is -2.74. The van der Waals surface area contributed by atoms with Gasteiger partial charge in [-0.2, -0.15) is 0 Å². The molecule has 0 aliphatic heterocycles. The maximum absolute atomic E-state index is 10.4. The number of ether oxygens (including phenoxy) is 1. The van der Waals surface area contributed by atoms with Crippen LogP contribution in [-0.2, 0) is 32.3 Å². The Balaban J connectivity index is 1.61. The smallest absolute Gasteiger partial charge is 0.131 e. The fourth-order valence-electron chi connectivity index (χ4n) is 4.90. The van der Waals surface area contributed by atoms with Gasteiger partial charge in [-0.15, -0.1) is 0 Å². The number of fused-ring (bicyclic) bond motifs is 2. The predicted octanol–water partition coefficient (Wildman–Crippen LogP) is 6.20. The zero-order valence-electron chi connectivity index (χ0n) is 16.8. The van der Waals surface area contributed by atoms with Crippen molar-refractivity contribution in [2.24, 2.45) is 0 Å². The van der Waals surface area contributed by atoms with Crippen LogP contribution >= 0.6 is 0 Å². The number of hydrogen-bond donors (Lipinski definition) is 1. The van der Waals surface area contributed by atoms with E-state index in [2.05, 4.69) is 42.5 Å². The summed E-state index contributed by atoms with van der Waals surface area (Å²) in [4.78, 5) is 0. The molecule has 0 fully saturated rings. The van der Waals surface area contributed by atoms with Crippen molar-refractivity contribution in [2.75, 3.05) is 0 Å². The number of phenols is 1. The lowest BCUT2D eigenvalue weighted by molar-refractivity contribution is 0.302.